The summed E-state index contributed by atoms with van der Waals surface area (Å²) < 4.78 is 0. The molecule has 0 fully saturated rings. The fourth-order valence-electron chi connectivity index (χ4n) is 3.34. The molecule has 2 aromatic rings. The van der Waals surface area contributed by atoms with E-state index in [-0.39, 0.29) is 5.91 Å². The molecule has 0 atom stereocenters. The van der Waals surface area contributed by atoms with Crippen molar-refractivity contribution in [3.8, 4) is 0 Å². The van der Waals surface area contributed by atoms with E-state index in [0.29, 0.717) is 17.0 Å². The highest BCUT2D eigenvalue weighted by Gasteiger charge is 2.24. The van der Waals surface area contributed by atoms with Gasteiger partial charge in [0.15, 0.2) is 0 Å². The summed E-state index contributed by atoms with van der Waals surface area (Å²) in [6.45, 7) is 2.07. The number of nitrogens with one attached hydrogen (secondary N) is 1. The van der Waals surface area contributed by atoms with E-state index in [9.17, 15) is 9.59 Å². The number of aryl methyl sites for hydroxylation is 2. The Morgan fingerprint density at radius 3 is 2.63 bits per heavy atom. The maximum atomic E-state index is 12.4. The monoisotopic (exact) mass is 402 g/mol. The van der Waals surface area contributed by atoms with E-state index in [4.69, 9.17) is 5.73 Å². The lowest BCUT2D eigenvalue weighted by atomic mass is 10.1. The van der Waals surface area contributed by atoms with Crippen LogP contribution in [0.1, 0.15) is 58.5 Å². The molecule has 27 heavy (non-hydrogen) atoms. The molecular weight excluding hydrogens is 376 g/mol. The van der Waals surface area contributed by atoms with E-state index in [1.165, 1.54) is 33.1 Å². The second-order valence-electron chi connectivity index (χ2n) is 6.95. The predicted molar refractivity (Wildman–Crippen MR) is 114 cm³/mol. The number of rotatable bonds is 7. The first kappa shape index (κ1) is 20.0. The summed E-state index contributed by atoms with van der Waals surface area (Å²) in [6, 6.07) is 8.41. The first-order valence-corrected chi connectivity index (χ1v) is 11.3. The Labute approximate surface area is 168 Å². The van der Waals surface area contributed by atoms with Gasteiger partial charge in [0.1, 0.15) is 5.00 Å². The Bertz CT molecular complexity index is 812. The van der Waals surface area contributed by atoms with Crippen molar-refractivity contribution < 1.29 is 9.59 Å². The number of benzene rings is 1. The van der Waals surface area contributed by atoms with Gasteiger partial charge in [0, 0.05) is 16.2 Å². The quantitative estimate of drug-likeness (QED) is 0.392. The summed E-state index contributed by atoms with van der Waals surface area (Å²) >= 11 is 3.29. The highest BCUT2D eigenvalue weighted by molar-refractivity contribution is 7.99. The minimum Gasteiger partial charge on any atom is -0.365 e. The van der Waals surface area contributed by atoms with Crippen molar-refractivity contribution in [3.05, 3.63) is 45.8 Å². The number of hydrogen-bond donors (Lipinski definition) is 2. The van der Waals surface area contributed by atoms with Crippen LogP contribution in [0, 0.1) is 6.92 Å². The Kier molecular flexibility index (Phi) is 6.96. The van der Waals surface area contributed by atoms with Crippen molar-refractivity contribution in [2.24, 2.45) is 5.73 Å². The van der Waals surface area contributed by atoms with Gasteiger partial charge in [-0.3, -0.25) is 9.59 Å². The molecule has 1 aromatic carbocycles. The molecule has 0 spiro atoms. The van der Waals surface area contributed by atoms with Crippen LogP contribution < -0.4 is 11.1 Å². The highest BCUT2D eigenvalue weighted by Crippen LogP contribution is 2.37. The van der Waals surface area contributed by atoms with E-state index in [1.54, 1.807) is 11.8 Å². The van der Waals surface area contributed by atoms with Crippen LogP contribution in [0.4, 0.5) is 5.00 Å². The average Bonchev–Trinajstić information content (AvgIpc) is 2.81. The molecule has 4 nitrogen and oxygen atoms in total. The van der Waals surface area contributed by atoms with Crippen molar-refractivity contribution in [3.63, 3.8) is 0 Å². The fraction of sp³-hybridized carbons (Fsp3) is 0.429. The largest absolute Gasteiger partial charge is 0.365 e. The lowest BCUT2D eigenvalue weighted by Gasteiger charge is -2.06. The summed E-state index contributed by atoms with van der Waals surface area (Å²) in [4.78, 5) is 26.8. The molecule has 1 aromatic heterocycles. The Morgan fingerprint density at radius 2 is 1.89 bits per heavy atom. The van der Waals surface area contributed by atoms with Crippen LogP contribution in [-0.4, -0.2) is 17.6 Å². The summed E-state index contributed by atoms with van der Waals surface area (Å²) in [5.41, 5.74) is 8.47. The first-order chi connectivity index (χ1) is 13.0. The standard InChI is InChI=1S/C21H26N2O2S2/c1-14-9-11-15(12-10-14)26-13-5-8-18(24)23-21-19(20(22)25)16-6-3-2-4-7-17(16)27-21/h9-12H,2-8,13H2,1H3,(H2,22,25)(H,23,24). The molecule has 1 aliphatic rings. The van der Waals surface area contributed by atoms with Gasteiger partial charge in [0.05, 0.1) is 5.56 Å². The Balaban J connectivity index is 1.54. The molecule has 0 saturated heterocycles. The van der Waals surface area contributed by atoms with Gasteiger partial charge in [-0.25, -0.2) is 0 Å². The molecule has 0 bridgehead atoms. The van der Waals surface area contributed by atoms with Crippen molar-refractivity contribution >= 4 is 39.9 Å². The van der Waals surface area contributed by atoms with Gasteiger partial charge in [-0.05, 0) is 62.5 Å². The smallest absolute Gasteiger partial charge is 0.251 e. The zero-order valence-corrected chi connectivity index (χ0v) is 17.3. The van der Waals surface area contributed by atoms with Crippen molar-refractivity contribution in [2.45, 2.75) is 56.8 Å². The predicted octanol–water partition coefficient (Wildman–Crippen LogP) is 4.94. The van der Waals surface area contributed by atoms with Crippen LogP contribution in [0.5, 0.6) is 0 Å². The SMILES string of the molecule is Cc1ccc(SCCCC(=O)Nc2sc3c(c2C(N)=O)CCCCC3)cc1. The number of primary amides is 1. The summed E-state index contributed by atoms with van der Waals surface area (Å²) in [7, 11) is 0. The highest BCUT2D eigenvalue weighted by atomic mass is 32.2. The van der Waals surface area contributed by atoms with Crippen LogP contribution in [0.15, 0.2) is 29.2 Å². The molecule has 3 N–H and O–H groups in total. The number of thioether (sulfide) groups is 1. The first-order valence-electron chi connectivity index (χ1n) is 9.48. The minimum atomic E-state index is -0.431. The van der Waals surface area contributed by atoms with Crippen molar-refractivity contribution in [1.29, 1.82) is 0 Å². The van der Waals surface area contributed by atoms with Gasteiger partial charge in [0.25, 0.3) is 5.91 Å². The second kappa shape index (κ2) is 9.42. The van der Waals surface area contributed by atoms with Crippen molar-refractivity contribution in [1.82, 2.24) is 0 Å². The lowest BCUT2D eigenvalue weighted by molar-refractivity contribution is -0.116. The number of thiophene rings is 1. The molecule has 6 heteroatoms. The zero-order chi connectivity index (χ0) is 19.2. The van der Waals surface area contributed by atoms with Crippen LogP contribution >= 0.6 is 23.1 Å². The number of amides is 2. The van der Waals surface area contributed by atoms with Crippen molar-refractivity contribution in [2.75, 3.05) is 11.1 Å². The zero-order valence-electron chi connectivity index (χ0n) is 15.7. The summed E-state index contributed by atoms with van der Waals surface area (Å²) in [5, 5.41) is 3.59. The molecule has 1 heterocycles. The number of anilines is 1. The number of hydrogen-bond acceptors (Lipinski definition) is 4. The maximum absolute atomic E-state index is 12.4. The second-order valence-corrected chi connectivity index (χ2v) is 9.22. The summed E-state index contributed by atoms with van der Waals surface area (Å²) in [5.74, 6) is 0.415. The topological polar surface area (TPSA) is 72.2 Å². The molecular formula is C21H26N2O2S2. The molecule has 0 aliphatic heterocycles. The van der Waals surface area contributed by atoms with Gasteiger partial charge in [-0.2, -0.15) is 0 Å². The van der Waals surface area contributed by atoms with Gasteiger partial charge >= 0.3 is 0 Å². The van der Waals surface area contributed by atoms with Crippen LogP contribution in [0.3, 0.4) is 0 Å². The molecule has 0 unspecified atom stereocenters. The Hall–Kier alpha value is -1.79. The number of carbonyl (C=O) groups excluding carboxylic acids is 2. The number of nitrogens with two attached hydrogens (primary N) is 1. The third kappa shape index (κ3) is 5.36. The lowest BCUT2D eigenvalue weighted by Crippen LogP contribution is -2.18. The van der Waals surface area contributed by atoms with Gasteiger partial charge < -0.3 is 11.1 Å². The van der Waals surface area contributed by atoms with E-state index in [1.807, 2.05) is 0 Å². The molecule has 0 radical (unpaired) electrons. The summed E-state index contributed by atoms with van der Waals surface area (Å²) in [6.07, 6.45) is 6.49. The fourth-order valence-corrected chi connectivity index (χ4v) is 5.50. The molecule has 2 amide bonds. The molecule has 0 saturated carbocycles. The Morgan fingerprint density at radius 1 is 1.15 bits per heavy atom. The van der Waals surface area contributed by atoms with Gasteiger partial charge in [-0.1, -0.05) is 24.1 Å². The number of fused-ring (bicyclic) bond motifs is 1. The molecule has 1 aliphatic carbocycles. The molecule has 3 rings (SSSR count). The van der Waals surface area contributed by atoms with E-state index >= 15 is 0 Å². The van der Waals surface area contributed by atoms with E-state index in [0.717, 1.165) is 43.4 Å². The van der Waals surface area contributed by atoms with Crippen LogP contribution in [0.25, 0.3) is 0 Å². The van der Waals surface area contributed by atoms with Crippen LogP contribution in [0.2, 0.25) is 0 Å². The molecule has 144 valence electrons. The minimum absolute atomic E-state index is 0.0431. The van der Waals surface area contributed by atoms with E-state index < -0.39 is 5.91 Å². The van der Waals surface area contributed by atoms with Crippen LogP contribution in [-0.2, 0) is 17.6 Å². The maximum Gasteiger partial charge on any atom is 0.251 e. The number of carbonyl (C=O) groups is 2. The van der Waals surface area contributed by atoms with Gasteiger partial charge in [0.2, 0.25) is 5.91 Å². The third-order valence-electron chi connectivity index (χ3n) is 4.76. The van der Waals surface area contributed by atoms with Gasteiger partial charge in [-0.15, -0.1) is 23.1 Å². The average molecular weight is 403 g/mol. The normalized spacial score (nSPS) is 13.7. The van der Waals surface area contributed by atoms with E-state index in [2.05, 4.69) is 36.5 Å². The third-order valence-corrected chi connectivity index (χ3v) is 7.06.